The molecule has 8 nitrogen and oxygen atoms in total. The zero-order valence-electron chi connectivity index (χ0n) is 23.5. The van der Waals surface area contributed by atoms with Gasteiger partial charge in [0, 0.05) is 12.7 Å². The van der Waals surface area contributed by atoms with E-state index >= 15 is 0 Å². The number of fused-ring (bicyclic) bond motifs is 2. The summed E-state index contributed by atoms with van der Waals surface area (Å²) in [5.74, 6) is -0.245. The zero-order valence-corrected chi connectivity index (χ0v) is 23.5. The molecule has 8 heteroatoms. The summed E-state index contributed by atoms with van der Waals surface area (Å²) < 4.78 is 12.0. The summed E-state index contributed by atoms with van der Waals surface area (Å²) in [7, 11) is 0. The summed E-state index contributed by atoms with van der Waals surface area (Å²) in [6.07, 6.45) is 5.78. The number of nitrogens with zero attached hydrogens (tertiary/aromatic N) is 1. The number of anilines is 1. The van der Waals surface area contributed by atoms with Gasteiger partial charge in [-0.25, -0.2) is 0 Å². The van der Waals surface area contributed by atoms with Crippen molar-refractivity contribution in [1.82, 2.24) is 20.3 Å². The third-order valence-corrected chi connectivity index (χ3v) is 8.10. The average molecular weight is 560 g/mol. The first-order valence-electron chi connectivity index (χ1n) is 14.3. The second-order valence-corrected chi connectivity index (χ2v) is 11.3. The molecule has 2 aromatic heterocycles. The van der Waals surface area contributed by atoms with E-state index in [-0.39, 0.29) is 23.8 Å². The Bertz CT molecular complexity index is 1680. The van der Waals surface area contributed by atoms with Crippen LogP contribution in [0.3, 0.4) is 0 Å². The van der Waals surface area contributed by atoms with Crippen molar-refractivity contribution < 1.29 is 9.47 Å². The molecule has 5 aromatic rings. The minimum atomic E-state index is -0.813. The standard InChI is InChI=1S/C34H33N5O3/c1-33(2)41-27-19-18-26(29(27)42-33)35-20-22-21-36-30-28(22)31(40)38-32(37-30)39-34(23-12-6-3-7-13-23,24-14-8-4-9-15-24)25-16-10-5-11-17-25/h3-19,21,26-27,29,35H,20H2,1-2H3,(H3,36,37,38,39,40)/t26?,27-,29+/m0/s1. The number of aromatic amines is 2. The number of aromatic nitrogens is 3. The van der Waals surface area contributed by atoms with Crippen LogP contribution in [0, 0.1) is 0 Å². The fourth-order valence-electron chi connectivity index (χ4n) is 6.25. The van der Waals surface area contributed by atoms with Crippen LogP contribution in [0.4, 0.5) is 5.95 Å². The predicted molar refractivity (Wildman–Crippen MR) is 163 cm³/mol. The Morgan fingerprint density at radius 2 is 1.45 bits per heavy atom. The van der Waals surface area contributed by atoms with E-state index in [0.29, 0.717) is 23.5 Å². The van der Waals surface area contributed by atoms with Crippen LogP contribution in [-0.4, -0.2) is 39.0 Å². The second kappa shape index (κ2) is 10.4. The molecule has 0 bridgehead atoms. The Morgan fingerprint density at radius 1 is 0.857 bits per heavy atom. The average Bonchev–Trinajstić information content (AvgIpc) is 3.68. The van der Waals surface area contributed by atoms with Gasteiger partial charge in [0.15, 0.2) is 5.79 Å². The normalized spacial score (nSPS) is 21.0. The van der Waals surface area contributed by atoms with Crippen molar-refractivity contribution in [3.05, 3.63) is 142 Å². The molecule has 0 spiro atoms. The predicted octanol–water partition coefficient (Wildman–Crippen LogP) is 5.20. The molecule has 1 unspecified atom stereocenters. The molecule has 2 aliphatic rings. The van der Waals surface area contributed by atoms with Gasteiger partial charge in [0.05, 0.1) is 11.4 Å². The largest absolute Gasteiger partial charge is 0.346 e. The molecule has 1 aliphatic heterocycles. The Kier molecular flexibility index (Phi) is 6.54. The van der Waals surface area contributed by atoms with Crippen LogP contribution >= 0.6 is 0 Å². The lowest BCUT2D eigenvalue weighted by Gasteiger charge is -2.37. The van der Waals surface area contributed by atoms with E-state index in [1.807, 2.05) is 80.7 Å². The SMILES string of the molecule is CC1(C)O[C@H]2C=CC(NCc3c[nH]c4nc(NC(c5ccccc5)(c5ccccc5)c5ccccc5)[nH]c(=O)c34)[C@H]2O1. The fraction of sp³-hybridized carbons (Fsp3) is 0.235. The van der Waals surface area contributed by atoms with Crippen molar-refractivity contribution in [2.24, 2.45) is 0 Å². The quantitative estimate of drug-likeness (QED) is 0.154. The van der Waals surface area contributed by atoms with Gasteiger partial charge in [-0.1, -0.05) is 103 Å². The fourth-order valence-corrected chi connectivity index (χ4v) is 6.25. The number of benzene rings is 3. The van der Waals surface area contributed by atoms with Crippen LogP contribution in [0.25, 0.3) is 11.0 Å². The molecule has 3 atom stereocenters. The number of ether oxygens (including phenoxy) is 2. The maximum absolute atomic E-state index is 13.6. The zero-order chi connectivity index (χ0) is 28.7. The van der Waals surface area contributed by atoms with Crippen molar-refractivity contribution in [2.45, 2.75) is 50.0 Å². The van der Waals surface area contributed by atoms with Gasteiger partial charge >= 0.3 is 0 Å². The molecule has 212 valence electrons. The Labute approximate surface area is 243 Å². The van der Waals surface area contributed by atoms with Crippen LogP contribution in [0.5, 0.6) is 0 Å². The van der Waals surface area contributed by atoms with Crippen LogP contribution in [0.2, 0.25) is 0 Å². The lowest BCUT2D eigenvalue weighted by molar-refractivity contribution is -0.145. The van der Waals surface area contributed by atoms with E-state index < -0.39 is 11.3 Å². The molecule has 1 saturated heterocycles. The van der Waals surface area contributed by atoms with Gasteiger partial charge in [-0.15, -0.1) is 0 Å². The van der Waals surface area contributed by atoms with Crippen molar-refractivity contribution >= 4 is 17.0 Å². The number of rotatable bonds is 8. The molecule has 3 heterocycles. The van der Waals surface area contributed by atoms with Gasteiger partial charge < -0.3 is 25.1 Å². The molecule has 3 aromatic carbocycles. The molecule has 0 saturated carbocycles. The van der Waals surface area contributed by atoms with E-state index in [4.69, 9.17) is 14.5 Å². The number of hydrogen-bond acceptors (Lipinski definition) is 6. The summed E-state index contributed by atoms with van der Waals surface area (Å²) >= 11 is 0. The monoisotopic (exact) mass is 559 g/mol. The van der Waals surface area contributed by atoms with Gasteiger partial charge in [0.2, 0.25) is 5.95 Å². The highest BCUT2D eigenvalue weighted by Gasteiger charge is 2.46. The van der Waals surface area contributed by atoms with E-state index in [1.54, 1.807) is 0 Å². The molecule has 0 radical (unpaired) electrons. The first-order valence-corrected chi connectivity index (χ1v) is 14.3. The van der Waals surface area contributed by atoms with Gasteiger partial charge in [0.1, 0.15) is 23.4 Å². The van der Waals surface area contributed by atoms with Crippen LogP contribution in [0.1, 0.15) is 36.1 Å². The number of H-pyrrole nitrogens is 2. The van der Waals surface area contributed by atoms with Crippen molar-refractivity contribution in [1.29, 1.82) is 0 Å². The number of hydrogen-bond donors (Lipinski definition) is 4. The molecule has 42 heavy (non-hydrogen) atoms. The highest BCUT2D eigenvalue weighted by Crippen LogP contribution is 2.39. The van der Waals surface area contributed by atoms with E-state index in [9.17, 15) is 4.79 Å². The lowest BCUT2D eigenvalue weighted by atomic mass is 9.77. The van der Waals surface area contributed by atoms with Crippen molar-refractivity contribution in [2.75, 3.05) is 5.32 Å². The third kappa shape index (κ3) is 4.63. The molecular weight excluding hydrogens is 526 g/mol. The van der Waals surface area contributed by atoms with Gasteiger partial charge in [-0.3, -0.25) is 9.78 Å². The highest BCUT2D eigenvalue weighted by molar-refractivity contribution is 5.79. The molecule has 1 aliphatic carbocycles. The summed E-state index contributed by atoms with van der Waals surface area (Å²) in [6, 6.07) is 30.6. The van der Waals surface area contributed by atoms with Gasteiger partial charge in [-0.2, -0.15) is 4.98 Å². The maximum atomic E-state index is 13.6. The van der Waals surface area contributed by atoms with Gasteiger partial charge in [-0.05, 0) is 36.1 Å². The van der Waals surface area contributed by atoms with E-state index in [2.05, 4.69) is 63.1 Å². The minimum Gasteiger partial charge on any atom is -0.346 e. The lowest BCUT2D eigenvalue weighted by Crippen LogP contribution is -2.40. The minimum absolute atomic E-state index is 0.0158. The Balaban J connectivity index is 1.24. The molecule has 4 N–H and O–H groups in total. The van der Waals surface area contributed by atoms with Crippen LogP contribution in [0.15, 0.2) is 114 Å². The van der Waals surface area contributed by atoms with Crippen LogP contribution < -0.4 is 16.2 Å². The molecule has 7 rings (SSSR count). The second-order valence-electron chi connectivity index (χ2n) is 11.3. The van der Waals surface area contributed by atoms with Crippen LogP contribution in [-0.2, 0) is 21.6 Å². The first kappa shape index (κ1) is 26.4. The molecular formula is C34H33N5O3. The van der Waals surface area contributed by atoms with Crippen molar-refractivity contribution in [3.8, 4) is 0 Å². The first-order chi connectivity index (χ1) is 20.4. The third-order valence-electron chi connectivity index (χ3n) is 8.10. The molecule has 1 fully saturated rings. The topological polar surface area (TPSA) is 104 Å². The summed E-state index contributed by atoms with van der Waals surface area (Å²) in [6.45, 7) is 4.32. The molecule has 0 amide bonds. The maximum Gasteiger partial charge on any atom is 0.262 e. The van der Waals surface area contributed by atoms with E-state index in [0.717, 1.165) is 22.3 Å². The van der Waals surface area contributed by atoms with Crippen molar-refractivity contribution in [3.63, 3.8) is 0 Å². The smallest absolute Gasteiger partial charge is 0.262 e. The Morgan fingerprint density at radius 3 is 2.05 bits per heavy atom. The Hall–Kier alpha value is -4.50. The van der Waals surface area contributed by atoms with Gasteiger partial charge in [0.25, 0.3) is 5.56 Å². The summed E-state index contributed by atoms with van der Waals surface area (Å²) in [4.78, 5) is 24.7. The summed E-state index contributed by atoms with van der Waals surface area (Å²) in [5.41, 5.74) is 3.38. The highest BCUT2D eigenvalue weighted by atomic mass is 16.8. The summed E-state index contributed by atoms with van der Waals surface area (Å²) in [5, 5.41) is 7.70. The number of nitrogens with one attached hydrogen (secondary N) is 4. The van der Waals surface area contributed by atoms with E-state index in [1.165, 1.54) is 0 Å².